The predicted octanol–water partition coefficient (Wildman–Crippen LogP) is 1.86. The predicted molar refractivity (Wildman–Crippen MR) is 71.3 cm³/mol. The molecule has 0 aromatic carbocycles. The first-order valence-corrected chi connectivity index (χ1v) is 7.02. The number of ether oxygens (including phenoxy) is 1. The van der Waals surface area contributed by atoms with E-state index < -0.39 is 5.60 Å². The average molecular weight is 257 g/mol. The highest BCUT2D eigenvalue weighted by molar-refractivity contribution is 5.77. The van der Waals surface area contributed by atoms with Crippen LogP contribution in [0.4, 0.5) is 0 Å². The van der Waals surface area contributed by atoms with E-state index in [1.807, 2.05) is 13.8 Å². The molecular formula is C14H27NO3. The molecule has 4 heteroatoms. The Morgan fingerprint density at radius 3 is 2.56 bits per heavy atom. The van der Waals surface area contributed by atoms with E-state index in [0.717, 1.165) is 12.8 Å². The first kappa shape index (κ1) is 15.4. The van der Waals surface area contributed by atoms with Crippen LogP contribution in [0.1, 0.15) is 52.9 Å². The van der Waals surface area contributed by atoms with E-state index >= 15 is 0 Å². The van der Waals surface area contributed by atoms with Crippen molar-refractivity contribution in [3.63, 3.8) is 0 Å². The highest BCUT2D eigenvalue weighted by Crippen LogP contribution is 2.20. The topological polar surface area (TPSA) is 58.6 Å². The molecule has 0 aromatic rings. The van der Waals surface area contributed by atoms with Crippen LogP contribution in [-0.2, 0) is 9.53 Å². The van der Waals surface area contributed by atoms with Crippen molar-refractivity contribution in [2.24, 2.45) is 5.92 Å². The highest BCUT2D eigenvalue weighted by Gasteiger charge is 2.25. The second kappa shape index (κ2) is 7.10. The van der Waals surface area contributed by atoms with Crippen LogP contribution in [0.5, 0.6) is 0 Å². The van der Waals surface area contributed by atoms with Gasteiger partial charge >= 0.3 is 0 Å². The third-order valence-electron chi connectivity index (χ3n) is 3.89. The maximum atomic E-state index is 11.6. The fourth-order valence-electron chi connectivity index (χ4n) is 1.96. The van der Waals surface area contributed by atoms with Crippen LogP contribution < -0.4 is 5.32 Å². The summed E-state index contributed by atoms with van der Waals surface area (Å²) in [4.78, 5) is 11.6. The fourth-order valence-corrected chi connectivity index (χ4v) is 1.96. The minimum absolute atomic E-state index is 0.108. The van der Waals surface area contributed by atoms with Gasteiger partial charge in [-0.2, -0.15) is 0 Å². The number of aliphatic hydroxyl groups is 1. The molecule has 2 N–H and O–H groups in total. The molecule has 0 aromatic heterocycles. The number of carbonyl (C=O) groups is 1. The molecule has 1 fully saturated rings. The van der Waals surface area contributed by atoms with E-state index in [-0.39, 0.29) is 31.1 Å². The van der Waals surface area contributed by atoms with E-state index in [2.05, 4.69) is 5.32 Å². The zero-order valence-electron chi connectivity index (χ0n) is 11.9. The van der Waals surface area contributed by atoms with Gasteiger partial charge in [0.15, 0.2) is 0 Å². The first-order chi connectivity index (χ1) is 8.42. The average Bonchev–Trinajstić information content (AvgIpc) is 2.35. The molecule has 1 atom stereocenters. The Balaban J connectivity index is 2.17. The molecule has 1 saturated carbocycles. The van der Waals surface area contributed by atoms with Gasteiger partial charge in [0.25, 0.3) is 0 Å². The summed E-state index contributed by atoms with van der Waals surface area (Å²) in [5.41, 5.74) is -0.861. The van der Waals surface area contributed by atoms with Crippen LogP contribution in [0.15, 0.2) is 0 Å². The van der Waals surface area contributed by atoms with Crippen LogP contribution in [0.25, 0.3) is 0 Å². The van der Waals surface area contributed by atoms with Crippen molar-refractivity contribution >= 4 is 5.91 Å². The van der Waals surface area contributed by atoms with Crippen molar-refractivity contribution < 1.29 is 14.6 Å². The number of carbonyl (C=O) groups excluding carboxylic acids is 1. The van der Waals surface area contributed by atoms with Gasteiger partial charge in [-0.05, 0) is 25.7 Å². The fraction of sp³-hybridized carbons (Fsp3) is 0.929. The molecule has 1 aliphatic carbocycles. The summed E-state index contributed by atoms with van der Waals surface area (Å²) in [6.07, 6.45) is 6.06. The molecule has 1 amide bonds. The third kappa shape index (κ3) is 5.36. The summed E-state index contributed by atoms with van der Waals surface area (Å²) in [6.45, 7) is 5.99. The van der Waals surface area contributed by atoms with Crippen LogP contribution >= 0.6 is 0 Å². The molecule has 4 nitrogen and oxygen atoms in total. The third-order valence-corrected chi connectivity index (χ3v) is 3.89. The van der Waals surface area contributed by atoms with Crippen LogP contribution in [0.3, 0.4) is 0 Å². The quantitative estimate of drug-likeness (QED) is 0.763. The van der Waals surface area contributed by atoms with Gasteiger partial charge in [0, 0.05) is 6.54 Å². The largest absolute Gasteiger partial charge is 0.388 e. The molecule has 0 saturated heterocycles. The second-order valence-electron chi connectivity index (χ2n) is 5.86. The van der Waals surface area contributed by atoms with Gasteiger partial charge in [0.05, 0.1) is 11.7 Å². The maximum Gasteiger partial charge on any atom is 0.246 e. The Morgan fingerprint density at radius 1 is 1.39 bits per heavy atom. The van der Waals surface area contributed by atoms with Crippen molar-refractivity contribution in [3.8, 4) is 0 Å². The van der Waals surface area contributed by atoms with Crippen molar-refractivity contribution in [2.75, 3.05) is 13.2 Å². The lowest BCUT2D eigenvalue weighted by atomic mass is 9.92. The van der Waals surface area contributed by atoms with Crippen LogP contribution in [-0.4, -0.2) is 35.9 Å². The summed E-state index contributed by atoms with van der Waals surface area (Å²) in [5, 5.41) is 12.7. The Kier molecular flexibility index (Phi) is 6.09. The normalized spacial score (nSPS) is 20.7. The van der Waals surface area contributed by atoms with Crippen molar-refractivity contribution in [2.45, 2.75) is 64.6 Å². The zero-order chi connectivity index (χ0) is 13.6. The van der Waals surface area contributed by atoms with E-state index in [1.54, 1.807) is 6.92 Å². The van der Waals surface area contributed by atoms with E-state index in [9.17, 15) is 9.90 Å². The Morgan fingerprint density at radius 2 is 2.00 bits per heavy atom. The summed E-state index contributed by atoms with van der Waals surface area (Å²) < 4.78 is 5.58. The molecule has 1 aliphatic rings. The van der Waals surface area contributed by atoms with Crippen molar-refractivity contribution in [1.29, 1.82) is 0 Å². The molecule has 18 heavy (non-hydrogen) atoms. The molecule has 0 heterocycles. The molecule has 1 unspecified atom stereocenters. The van der Waals surface area contributed by atoms with Gasteiger partial charge < -0.3 is 15.2 Å². The molecule has 0 aliphatic heterocycles. The van der Waals surface area contributed by atoms with Crippen LogP contribution in [0, 0.1) is 5.92 Å². The highest BCUT2D eigenvalue weighted by atomic mass is 16.5. The van der Waals surface area contributed by atoms with Gasteiger partial charge in [-0.25, -0.2) is 0 Å². The molecular weight excluding hydrogens is 230 g/mol. The minimum atomic E-state index is -0.861. The minimum Gasteiger partial charge on any atom is -0.388 e. The van der Waals surface area contributed by atoms with Gasteiger partial charge in [-0.15, -0.1) is 0 Å². The molecule has 0 spiro atoms. The van der Waals surface area contributed by atoms with Gasteiger partial charge in [-0.1, -0.05) is 33.1 Å². The second-order valence-corrected chi connectivity index (χ2v) is 5.86. The monoisotopic (exact) mass is 257 g/mol. The Hall–Kier alpha value is -0.610. The lowest BCUT2D eigenvalue weighted by Gasteiger charge is -2.28. The van der Waals surface area contributed by atoms with E-state index in [4.69, 9.17) is 4.74 Å². The van der Waals surface area contributed by atoms with Crippen molar-refractivity contribution in [1.82, 2.24) is 5.32 Å². The first-order valence-electron chi connectivity index (χ1n) is 7.02. The Labute approximate surface area is 110 Å². The van der Waals surface area contributed by atoms with E-state index in [0.29, 0.717) is 0 Å². The number of amides is 1. The summed E-state index contributed by atoms with van der Waals surface area (Å²) in [6, 6.07) is 0. The lowest BCUT2D eigenvalue weighted by Crippen LogP contribution is -2.45. The van der Waals surface area contributed by atoms with Gasteiger partial charge in [0.1, 0.15) is 6.61 Å². The number of nitrogens with one attached hydrogen (secondary N) is 1. The molecule has 0 radical (unpaired) electrons. The van der Waals surface area contributed by atoms with Gasteiger partial charge in [-0.3, -0.25) is 4.79 Å². The van der Waals surface area contributed by atoms with E-state index in [1.165, 1.54) is 19.3 Å². The molecule has 1 rings (SSSR count). The number of rotatable bonds is 6. The van der Waals surface area contributed by atoms with Gasteiger partial charge in [0.2, 0.25) is 5.91 Å². The zero-order valence-corrected chi connectivity index (χ0v) is 11.9. The maximum absolute atomic E-state index is 11.6. The standard InChI is InChI=1S/C14H27NO3/c1-11(2)14(3,17)10-15-13(16)9-18-12-7-5-4-6-8-12/h11-12,17H,4-10H2,1-3H3,(H,15,16). The lowest BCUT2D eigenvalue weighted by molar-refractivity contribution is -0.129. The SMILES string of the molecule is CC(C)C(C)(O)CNC(=O)COC1CCCCC1. The van der Waals surface area contributed by atoms with Crippen molar-refractivity contribution in [3.05, 3.63) is 0 Å². The Bertz CT molecular complexity index is 258. The molecule has 106 valence electrons. The smallest absolute Gasteiger partial charge is 0.246 e. The summed E-state index contributed by atoms with van der Waals surface area (Å²) in [5.74, 6) is -0.0291. The summed E-state index contributed by atoms with van der Waals surface area (Å²) >= 11 is 0. The number of hydrogen-bond acceptors (Lipinski definition) is 3. The number of hydrogen-bond donors (Lipinski definition) is 2. The summed E-state index contributed by atoms with van der Waals surface area (Å²) in [7, 11) is 0. The van der Waals surface area contributed by atoms with Crippen LogP contribution in [0.2, 0.25) is 0 Å². The molecule has 0 bridgehead atoms.